The lowest BCUT2D eigenvalue weighted by molar-refractivity contribution is -0.147. The number of aliphatic carboxylic acids is 1. The molecule has 13 atom stereocenters. The fourth-order valence-corrected chi connectivity index (χ4v) is 10.3. The number of nitrogens with two attached hydrogens (primary N) is 1. The lowest BCUT2D eigenvalue weighted by Crippen LogP contribution is -2.64. The van der Waals surface area contributed by atoms with Gasteiger partial charge >= 0.3 is 12.1 Å². The number of nitrogens with one attached hydrogen (secondary N) is 5. The lowest BCUT2D eigenvalue weighted by atomic mass is 9.98. The van der Waals surface area contributed by atoms with Crippen molar-refractivity contribution in [1.82, 2.24) is 36.4 Å². The molecule has 1 aliphatic carbocycles. The van der Waals surface area contributed by atoms with E-state index >= 15 is 0 Å². The third-order valence-corrected chi connectivity index (χ3v) is 14.4. The van der Waals surface area contributed by atoms with Crippen LogP contribution in [-0.2, 0) is 44.7 Å². The maximum atomic E-state index is 14.9. The highest BCUT2D eigenvalue weighted by Gasteiger charge is 2.50. The number of amides is 7. The van der Waals surface area contributed by atoms with E-state index in [-0.39, 0.29) is 36.9 Å². The van der Waals surface area contributed by atoms with Crippen LogP contribution < -0.4 is 37.1 Å². The highest BCUT2D eigenvalue weighted by molar-refractivity contribution is 5.98. The fourth-order valence-electron chi connectivity index (χ4n) is 10.3. The quantitative estimate of drug-likeness (QED) is 0.0782. The molecule has 0 aromatic heterocycles. The predicted molar refractivity (Wildman–Crippen MR) is 271 cm³/mol. The van der Waals surface area contributed by atoms with E-state index in [9.17, 15) is 74.1 Å². The molecule has 0 saturated carbocycles. The van der Waals surface area contributed by atoms with Crippen LogP contribution in [0.5, 0.6) is 11.5 Å². The molecule has 3 saturated heterocycles. The minimum Gasteiger partial charge on any atom is -0.504 e. The van der Waals surface area contributed by atoms with Gasteiger partial charge in [-0.15, -0.1) is 0 Å². The molecule has 4 aliphatic rings. The molecule has 0 radical (unpaired) electrons. The van der Waals surface area contributed by atoms with Gasteiger partial charge in [-0.25, -0.2) is 9.59 Å². The number of aliphatic hydroxyl groups excluding tert-OH is 6. The summed E-state index contributed by atoms with van der Waals surface area (Å²) in [5.74, 6) is -10.2. The zero-order valence-electron chi connectivity index (χ0n) is 42.6. The molecule has 78 heavy (non-hydrogen) atoms. The third kappa shape index (κ3) is 13.4. The smallest absolute Gasteiger partial charge is 0.407 e. The maximum absolute atomic E-state index is 14.9. The van der Waals surface area contributed by atoms with E-state index in [1.165, 1.54) is 13.0 Å². The SMILES string of the molecule is C[C@@H](O)[C@@H]1NC(=O)[C@@H](N)C[C@@H](O)CNC(=O)[C@@H]2[C@@H](O)[C@@H](C)CN2C(=O)[C@H]([C@H](O)CCNC(=O)OCC2c3ccccc3-c3ccccc32)NC(=O)[C@H]([C@H](O)Cc2ccc(O)c(OCC(=O)O)c2)NC(=O)[C@@H]2C[C@@H](O)CN2C1=O. The molecule has 3 aromatic carbocycles. The monoisotopic (exact) mass is 1090 g/mol. The van der Waals surface area contributed by atoms with E-state index in [1.807, 2.05) is 48.5 Å². The third-order valence-electron chi connectivity index (χ3n) is 14.4. The Bertz CT molecular complexity index is 2680. The number of β-amino-alcohol motifs (C(OH)–C–C–N with tert-alkyl or cyclic N) is 1. The Labute approximate surface area is 446 Å². The van der Waals surface area contributed by atoms with Crippen LogP contribution in [0.4, 0.5) is 4.79 Å². The van der Waals surface area contributed by atoms with Gasteiger partial charge < -0.3 is 92.4 Å². The maximum Gasteiger partial charge on any atom is 0.407 e. The number of carbonyl (C=O) groups excluding carboxylic acids is 7. The van der Waals surface area contributed by atoms with E-state index in [0.29, 0.717) is 0 Å². The number of ether oxygens (including phenoxy) is 2. The molecule has 15 N–H and O–H groups in total. The average Bonchev–Trinajstić information content (AvgIpc) is 4.12. The number of benzene rings is 3. The van der Waals surface area contributed by atoms with E-state index in [2.05, 4.69) is 26.6 Å². The van der Waals surface area contributed by atoms with Gasteiger partial charge in [-0.1, -0.05) is 61.5 Å². The number of alkyl carbamates (subject to hydrolysis) is 1. The van der Waals surface area contributed by atoms with E-state index in [1.54, 1.807) is 0 Å². The van der Waals surface area contributed by atoms with Gasteiger partial charge in [-0.2, -0.15) is 0 Å². The molecule has 0 bridgehead atoms. The van der Waals surface area contributed by atoms with Crippen molar-refractivity contribution in [3.8, 4) is 22.6 Å². The van der Waals surface area contributed by atoms with Crippen LogP contribution in [0.25, 0.3) is 11.1 Å². The number of nitrogens with zero attached hydrogens (tertiary/aromatic N) is 2. The lowest BCUT2D eigenvalue weighted by Gasteiger charge is -2.34. The topological polar surface area (TPSA) is 410 Å². The Morgan fingerprint density at radius 2 is 1.40 bits per heavy atom. The van der Waals surface area contributed by atoms with Crippen molar-refractivity contribution in [2.75, 3.05) is 39.4 Å². The largest absolute Gasteiger partial charge is 0.504 e. The molecule has 0 spiro atoms. The number of carbonyl (C=O) groups is 8. The Morgan fingerprint density at radius 3 is 2.05 bits per heavy atom. The van der Waals surface area contributed by atoms with E-state index in [4.69, 9.17) is 20.3 Å². The second kappa shape index (κ2) is 25.3. The van der Waals surface area contributed by atoms with Crippen LogP contribution in [0.15, 0.2) is 66.7 Å². The molecule has 3 fully saturated rings. The van der Waals surface area contributed by atoms with Crippen molar-refractivity contribution in [3.63, 3.8) is 0 Å². The molecule has 3 aromatic rings. The van der Waals surface area contributed by atoms with Gasteiger partial charge in [0.2, 0.25) is 35.4 Å². The minimum absolute atomic E-state index is 0.0690. The van der Waals surface area contributed by atoms with Crippen molar-refractivity contribution in [3.05, 3.63) is 83.4 Å². The summed E-state index contributed by atoms with van der Waals surface area (Å²) in [6, 6.07) is 7.87. The summed E-state index contributed by atoms with van der Waals surface area (Å²) in [6.45, 7) is -0.128. The highest BCUT2D eigenvalue weighted by Crippen LogP contribution is 2.44. The van der Waals surface area contributed by atoms with Crippen molar-refractivity contribution < 1.29 is 88.7 Å². The van der Waals surface area contributed by atoms with Crippen molar-refractivity contribution in [2.24, 2.45) is 11.7 Å². The number of aliphatic hydroxyl groups is 6. The first-order valence-corrected chi connectivity index (χ1v) is 25.4. The number of hydrogen-bond donors (Lipinski definition) is 14. The van der Waals surface area contributed by atoms with Gasteiger partial charge in [0.1, 0.15) is 36.8 Å². The molecule has 3 aliphatic heterocycles. The van der Waals surface area contributed by atoms with Gasteiger partial charge in [0, 0.05) is 50.9 Å². The first kappa shape index (κ1) is 58.2. The van der Waals surface area contributed by atoms with Crippen LogP contribution in [0.3, 0.4) is 0 Å². The highest BCUT2D eigenvalue weighted by atomic mass is 16.5. The molecule has 7 amide bonds. The van der Waals surface area contributed by atoms with E-state index in [0.717, 1.165) is 51.1 Å². The fraction of sp³-hybridized carbons (Fsp3) is 0.500. The van der Waals surface area contributed by atoms with Gasteiger partial charge in [-0.3, -0.25) is 28.8 Å². The van der Waals surface area contributed by atoms with Crippen molar-refractivity contribution in [1.29, 1.82) is 0 Å². The molecule has 0 unspecified atom stereocenters. The number of aromatic hydroxyl groups is 1. The average molecular weight is 1090 g/mol. The zero-order chi connectivity index (χ0) is 56.7. The van der Waals surface area contributed by atoms with Gasteiger partial charge in [0.15, 0.2) is 18.1 Å². The van der Waals surface area contributed by atoms with Crippen LogP contribution in [0, 0.1) is 5.92 Å². The second-order valence-electron chi connectivity index (χ2n) is 20.1. The number of rotatable bonds is 13. The zero-order valence-corrected chi connectivity index (χ0v) is 42.6. The van der Waals surface area contributed by atoms with Crippen LogP contribution >= 0.6 is 0 Å². The number of hydrogen-bond acceptors (Lipinski definition) is 18. The van der Waals surface area contributed by atoms with Crippen LogP contribution in [0.2, 0.25) is 0 Å². The van der Waals surface area contributed by atoms with Gasteiger partial charge in [0.25, 0.3) is 0 Å². The van der Waals surface area contributed by atoms with Crippen LogP contribution in [0.1, 0.15) is 55.7 Å². The summed E-state index contributed by atoms with van der Waals surface area (Å²) in [5.41, 5.74) is 10.0. The minimum atomic E-state index is -2.14. The summed E-state index contributed by atoms with van der Waals surface area (Å²) >= 11 is 0. The first-order chi connectivity index (χ1) is 37.0. The molecule has 26 nitrogen and oxygen atoms in total. The number of phenolic OH excluding ortho intramolecular Hbond substituents is 1. The summed E-state index contributed by atoms with van der Waals surface area (Å²) in [4.78, 5) is 112. The molecular weight excluding hydrogens is 1020 g/mol. The summed E-state index contributed by atoms with van der Waals surface area (Å²) < 4.78 is 10.8. The molecule has 26 heteroatoms. The molecule has 3 heterocycles. The van der Waals surface area contributed by atoms with Crippen LogP contribution in [-0.4, -0.2) is 210 Å². The molecule has 422 valence electrons. The Hall–Kier alpha value is -7.46. The standard InChI is InChI=1S/C52H66N8O18/c1-24-20-60-44(45(24)69)49(73)55-19-27(62)17-34(53)46(70)56-41(25(2)61)50(74)59-21-28(63)18-35(59)47(71)57-42(38(66)15-26-11-12-36(64)39(16-26)77-23-40(67)68)48(72)58-43(51(60)75)37(65)13-14-54-52(76)78-22-33-31-9-5-3-7-29(31)30-8-4-6-10-32(30)33/h3-12,16,24-25,27-28,33-35,37-38,41-45,61-66,69H,13-15,17-23,53H2,1-2H3,(H,54,76)(H,55,73)(H,56,70)(H,57,71)(H,58,72)(H,67,68)/t24-,25+,27+,28+,34-,35-,37+,38+,41-,42-,43-,44-,45-/m0/s1. The van der Waals surface area contributed by atoms with Gasteiger partial charge in [-0.05, 0) is 59.7 Å². The Balaban J connectivity index is 1.20. The molecular formula is C52H66N8O18. The summed E-state index contributed by atoms with van der Waals surface area (Å²) in [6.07, 6.45) is -13.1. The second-order valence-corrected chi connectivity index (χ2v) is 20.1. The summed E-state index contributed by atoms with van der Waals surface area (Å²) in [7, 11) is 0. The Kier molecular flexibility index (Phi) is 18.9. The van der Waals surface area contributed by atoms with Crippen molar-refractivity contribution in [2.45, 2.75) is 118 Å². The number of carboxylic acids is 1. The normalized spacial score (nSPS) is 27.6. The van der Waals surface area contributed by atoms with E-state index < -0.39 is 177 Å². The molecule has 7 rings (SSSR count). The van der Waals surface area contributed by atoms with Gasteiger partial charge in [0.05, 0.1) is 42.7 Å². The first-order valence-electron chi connectivity index (χ1n) is 25.4. The number of carboxylic acid groups (broad SMARTS) is 1. The number of fused-ring (bicyclic) bond motifs is 5. The summed E-state index contributed by atoms with van der Waals surface area (Å²) in [5, 5.41) is 99.2. The predicted octanol–water partition coefficient (Wildman–Crippen LogP) is -3.74. The number of phenols is 1. The van der Waals surface area contributed by atoms with Crippen molar-refractivity contribution >= 4 is 47.5 Å². The Morgan fingerprint density at radius 1 is 0.769 bits per heavy atom.